The van der Waals surface area contributed by atoms with E-state index in [4.69, 9.17) is 4.74 Å². The molecule has 0 aliphatic heterocycles. The summed E-state index contributed by atoms with van der Waals surface area (Å²) < 4.78 is 6.20. The highest BCUT2D eigenvalue weighted by Crippen LogP contribution is 2.30. The molecule has 2 heteroatoms. The number of ketones is 1. The van der Waals surface area contributed by atoms with Crippen LogP contribution in [-0.4, -0.2) is 5.78 Å². The van der Waals surface area contributed by atoms with Gasteiger partial charge in [0.05, 0.1) is 0 Å². The fraction of sp³-hybridized carbons (Fsp3) is 0.0741. The average Bonchev–Trinajstić information content (AvgIpc) is 3.08. The molecule has 5 rings (SSSR count). The fourth-order valence-electron chi connectivity index (χ4n) is 3.96. The van der Waals surface area contributed by atoms with Crippen molar-refractivity contribution in [2.45, 2.75) is 13.0 Å². The molecule has 1 aliphatic carbocycles. The Bertz CT molecular complexity index is 1240. The second-order valence-electron chi connectivity index (χ2n) is 7.30. The van der Waals surface area contributed by atoms with Crippen LogP contribution in [0.3, 0.4) is 0 Å². The highest BCUT2D eigenvalue weighted by molar-refractivity contribution is 6.15. The lowest BCUT2D eigenvalue weighted by molar-refractivity contribution is 0.104. The van der Waals surface area contributed by atoms with Crippen LogP contribution in [0.2, 0.25) is 0 Å². The van der Waals surface area contributed by atoms with Crippen LogP contribution in [0.5, 0.6) is 5.75 Å². The molecule has 0 saturated carbocycles. The summed E-state index contributed by atoms with van der Waals surface area (Å²) in [4.78, 5) is 12.7. The van der Waals surface area contributed by atoms with Gasteiger partial charge >= 0.3 is 0 Å². The van der Waals surface area contributed by atoms with Gasteiger partial charge in [0.25, 0.3) is 0 Å². The molecule has 0 aromatic heterocycles. The molecule has 0 saturated heterocycles. The minimum absolute atomic E-state index is 0.115. The van der Waals surface area contributed by atoms with Gasteiger partial charge in [-0.3, -0.25) is 4.79 Å². The quantitative estimate of drug-likeness (QED) is 0.394. The Morgan fingerprint density at radius 1 is 0.793 bits per heavy atom. The lowest BCUT2D eigenvalue weighted by Crippen LogP contribution is -1.99. The summed E-state index contributed by atoms with van der Waals surface area (Å²) >= 11 is 0. The SMILES string of the molecule is O=C1/C(=C/c2ccccc2OCc2cccc3ccccc23)Cc2ccccc21. The van der Waals surface area contributed by atoms with E-state index in [-0.39, 0.29) is 5.78 Å². The lowest BCUT2D eigenvalue weighted by Gasteiger charge is -2.11. The summed E-state index contributed by atoms with van der Waals surface area (Å²) in [6.07, 6.45) is 2.65. The van der Waals surface area contributed by atoms with Crippen LogP contribution in [0.15, 0.2) is 96.6 Å². The van der Waals surface area contributed by atoms with Crippen molar-refractivity contribution in [1.29, 1.82) is 0 Å². The Kier molecular flexibility index (Phi) is 4.45. The van der Waals surface area contributed by atoms with Gasteiger partial charge in [0.1, 0.15) is 12.4 Å². The minimum atomic E-state index is 0.115. The minimum Gasteiger partial charge on any atom is -0.488 e. The van der Waals surface area contributed by atoms with Gasteiger partial charge in [0, 0.05) is 23.1 Å². The van der Waals surface area contributed by atoms with Gasteiger partial charge in [-0.25, -0.2) is 0 Å². The van der Waals surface area contributed by atoms with Crippen molar-refractivity contribution < 1.29 is 9.53 Å². The molecule has 0 unspecified atom stereocenters. The number of fused-ring (bicyclic) bond motifs is 2. The number of rotatable bonds is 4. The molecule has 0 amide bonds. The molecule has 1 aliphatic rings. The smallest absolute Gasteiger partial charge is 0.189 e. The first-order valence-electron chi connectivity index (χ1n) is 9.81. The normalized spacial score (nSPS) is 14.3. The molecule has 0 radical (unpaired) electrons. The second-order valence-corrected chi connectivity index (χ2v) is 7.30. The van der Waals surface area contributed by atoms with E-state index >= 15 is 0 Å². The predicted octanol–water partition coefficient (Wildman–Crippen LogP) is 6.24. The van der Waals surface area contributed by atoms with E-state index in [0.717, 1.165) is 33.6 Å². The number of allylic oxidation sites excluding steroid dienone is 1. The van der Waals surface area contributed by atoms with Crippen molar-refractivity contribution in [3.8, 4) is 5.75 Å². The molecule has 0 spiro atoms. The van der Waals surface area contributed by atoms with E-state index in [0.29, 0.717) is 13.0 Å². The van der Waals surface area contributed by atoms with Crippen molar-refractivity contribution in [2.24, 2.45) is 0 Å². The summed E-state index contributed by atoms with van der Waals surface area (Å²) in [5.74, 6) is 0.904. The van der Waals surface area contributed by atoms with Crippen LogP contribution in [0.1, 0.15) is 27.0 Å². The van der Waals surface area contributed by atoms with E-state index in [9.17, 15) is 4.79 Å². The van der Waals surface area contributed by atoms with E-state index in [2.05, 4.69) is 30.3 Å². The van der Waals surface area contributed by atoms with Crippen LogP contribution in [0.25, 0.3) is 16.8 Å². The summed E-state index contributed by atoms with van der Waals surface area (Å²) in [6.45, 7) is 0.482. The number of hydrogen-bond acceptors (Lipinski definition) is 2. The number of carbonyl (C=O) groups excluding carboxylic acids is 1. The standard InChI is InChI=1S/C27H20O2/c28-27-23(16-20-9-2-5-14-25(20)27)17-21-10-3-6-15-26(21)29-18-22-12-7-11-19-8-1-4-13-24(19)22/h1-15,17H,16,18H2/b23-17+. The number of para-hydroxylation sites is 1. The predicted molar refractivity (Wildman–Crippen MR) is 117 cm³/mol. The van der Waals surface area contributed by atoms with Gasteiger partial charge in [-0.05, 0) is 34.0 Å². The molecule has 0 bridgehead atoms. The third kappa shape index (κ3) is 3.34. The summed E-state index contributed by atoms with van der Waals surface area (Å²) in [6, 6.07) is 30.3. The van der Waals surface area contributed by atoms with Gasteiger partial charge in [-0.15, -0.1) is 0 Å². The van der Waals surface area contributed by atoms with Crippen molar-refractivity contribution in [3.63, 3.8) is 0 Å². The zero-order chi connectivity index (χ0) is 19.6. The molecular formula is C27H20O2. The van der Waals surface area contributed by atoms with Crippen molar-refractivity contribution >= 4 is 22.6 Å². The Hall–Kier alpha value is -3.65. The molecular weight excluding hydrogens is 356 g/mol. The van der Waals surface area contributed by atoms with Gasteiger partial charge in [-0.2, -0.15) is 0 Å². The zero-order valence-corrected chi connectivity index (χ0v) is 16.0. The van der Waals surface area contributed by atoms with Gasteiger partial charge < -0.3 is 4.74 Å². The summed E-state index contributed by atoms with van der Waals surface area (Å²) in [7, 11) is 0. The first-order valence-corrected chi connectivity index (χ1v) is 9.81. The van der Waals surface area contributed by atoms with Crippen molar-refractivity contribution in [2.75, 3.05) is 0 Å². The number of ether oxygens (including phenoxy) is 1. The maximum Gasteiger partial charge on any atom is 0.189 e. The van der Waals surface area contributed by atoms with Gasteiger partial charge in [-0.1, -0.05) is 84.9 Å². The van der Waals surface area contributed by atoms with E-state index in [1.807, 2.05) is 66.7 Å². The monoisotopic (exact) mass is 376 g/mol. The second kappa shape index (κ2) is 7.40. The maximum atomic E-state index is 12.7. The highest BCUT2D eigenvalue weighted by Gasteiger charge is 2.24. The maximum absolute atomic E-state index is 12.7. The molecule has 4 aromatic carbocycles. The van der Waals surface area contributed by atoms with Crippen LogP contribution < -0.4 is 4.74 Å². The molecule has 0 fully saturated rings. The largest absolute Gasteiger partial charge is 0.488 e. The lowest BCUT2D eigenvalue weighted by atomic mass is 10.0. The van der Waals surface area contributed by atoms with E-state index in [1.165, 1.54) is 10.8 Å². The molecule has 0 atom stereocenters. The van der Waals surface area contributed by atoms with Crippen molar-refractivity contribution in [3.05, 3.63) is 119 Å². The molecule has 29 heavy (non-hydrogen) atoms. The topological polar surface area (TPSA) is 26.3 Å². The van der Waals surface area contributed by atoms with Crippen LogP contribution >= 0.6 is 0 Å². The molecule has 0 heterocycles. The molecule has 2 nitrogen and oxygen atoms in total. The first kappa shape index (κ1) is 17.4. The Morgan fingerprint density at radius 3 is 2.48 bits per heavy atom. The zero-order valence-electron chi connectivity index (χ0n) is 16.0. The molecule has 4 aromatic rings. The number of Topliss-reactive ketones (excluding diaryl/α,β-unsaturated/α-hetero) is 1. The molecule has 0 N–H and O–H groups in total. The van der Waals surface area contributed by atoms with E-state index < -0.39 is 0 Å². The Morgan fingerprint density at radius 2 is 1.55 bits per heavy atom. The number of carbonyl (C=O) groups is 1. The third-order valence-corrected chi connectivity index (χ3v) is 5.45. The number of benzene rings is 4. The third-order valence-electron chi connectivity index (χ3n) is 5.45. The van der Waals surface area contributed by atoms with Crippen molar-refractivity contribution in [1.82, 2.24) is 0 Å². The van der Waals surface area contributed by atoms with Crippen LogP contribution in [-0.2, 0) is 13.0 Å². The first-order chi connectivity index (χ1) is 14.3. The average molecular weight is 376 g/mol. The summed E-state index contributed by atoms with van der Waals surface area (Å²) in [5, 5.41) is 2.41. The highest BCUT2D eigenvalue weighted by atomic mass is 16.5. The molecule has 140 valence electrons. The number of hydrogen-bond donors (Lipinski definition) is 0. The van der Waals surface area contributed by atoms with Crippen LogP contribution in [0.4, 0.5) is 0 Å². The van der Waals surface area contributed by atoms with Gasteiger partial charge in [0.15, 0.2) is 5.78 Å². The van der Waals surface area contributed by atoms with Gasteiger partial charge in [0.2, 0.25) is 0 Å². The Labute approximate surface area is 170 Å². The van der Waals surface area contributed by atoms with E-state index in [1.54, 1.807) is 0 Å². The van der Waals surface area contributed by atoms with Crippen LogP contribution in [0, 0.1) is 0 Å². The summed E-state index contributed by atoms with van der Waals surface area (Å²) in [5.41, 5.74) is 4.80. The fourth-order valence-corrected chi connectivity index (χ4v) is 3.96. The Balaban J connectivity index is 1.43.